The molecule has 0 saturated carbocycles. The molecule has 0 amide bonds. The van der Waals surface area contributed by atoms with Crippen LogP contribution in [-0.2, 0) is 9.47 Å². The van der Waals surface area contributed by atoms with Gasteiger partial charge in [0.25, 0.3) is 0 Å². The van der Waals surface area contributed by atoms with Crippen LogP contribution in [-0.4, -0.2) is 88.0 Å². The molecule has 0 aliphatic carbocycles. The van der Waals surface area contributed by atoms with Crippen LogP contribution >= 0.6 is 24.0 Å². The number of aliphatic imine (C=N–C) groups is 1. The van der Waals surface area contributed by atoms with E-state index in [9.17, 15) is 0 Å². The Hall–Kier alpha value is -0.120. The summed E-state index contributed by atoms with van der Waals surface area (Å²) < 4.78 is 10.8. The van der Waals surface area contributed by atoms with Crippen LogP contribution in [0, 0.1) is 11.8 Å². The van der Waals surface area contributed by atoms with Crippen molar-refractivity contribution in [2.45, 2.75) is 58.9 Å². The molecule has 172 valence electrons. The molecule has 2 rings (SSSR count). The third-order valence-corrected chi connectivity index (χ3v) is 6.34. The van der Waals surface area contributed by atoms with E-state index in [-0.39, 0.29) is 24.0 Å². The summed E-state index contributed by atoms with van der Waals surface area (Å²) in [5.74, 6) is 2.43. The van der Waals surface area contributed by atoms with Gasteiger partial charge in [0.15, 0.2) is 5.96 Å². The Morgan fingerprint density at radius 3 is 2.45 bits per heavy atom. The molecule has 2 saturated heterocycles. The first-order valence-corrected chi connectivity index (χ1v) is 11.6. The van der Waals surface area contributed by atoms with E-state index in [1.54, 1.807) is 7.11 Å². The van der Waals surface area contributed by atoms with Crippen LogP contribution in [0.25, 0.3) is 0 Å². The molecule has 0 bridgehead atoms. The summed E-state index contributed by atoms with van der Waals surface area (Å²) in [4.78, 5) is 10.3. The van der Waals surface area contributed by atoms with Gasteiger partial charge in [0.2, 0.25) is 0 Å². The second kappa shape index (κ2) is 15.6. The summed E-state index contributed by atoms with van der Waals surface area (Å²) in [6.07, 6.45) is 6.36. The van der Waals surface area contributed by atoms with Gasteiger partial charge in [-0.2, -0.15) is 0 Å². The lowest BCUT2D eigenvalue weighted by atomic mass is 9.93. The summed E-state index contributed by atoms with van der Waals surface area (Å²) in [5, 5.41) is 3.54. The second-order valence-electron chi connectivity index (χ2n) is 8.25. The fourth-order valence-electron chi connectivity index (χ4n) is 4.63. The Morgan fingerprint density at radius 2 is 1.83 bits per heavy atom. The average Bonchev–Trinajstić information content (AvgIpc) is 3.40. The molecule has 0 aromatic rings. The fourth-order valence-corrected chi connectivity index (χ4v) is 4.63. The maximum atomic E-state index is 5.75. The summed E-state index contributed by atoms with van der Waals surface area (Å²) in [7, 11) is 1.72. The highest BCUT2D eigenvalue weighted by molar-refractivity contribution is 14.0. The van der Waals surface area contributed by atoms with Gasteiger partial charge in [-0.05, 0) is 45.2 Å². The van der Waals surface area contributed by atoms with Crippen molar-refractivity contribution >= 4 is 29.9 Å². The quantitative estimate of drug-likeness (QED) is 0.184. The van der Waals surface area contributed by atoms with E-state index in [1.165, 1.54) is 45.2 Å². The minimum absolute atomic E-state index is 0. The third kappa shape index (κ3) is 8.87. The van der Waals surface area contributed by atoms with Crippen molar-refractivity contribution in [2.24, 2.45) is 16.8 Å². The lowest BCUT2D eigenvalue weighted by Gasteiger charge is -2.33. The van der Waals surface area contributed by atoms with Gasteiger partial charge in [0.05, 0.1) is 26.4 Å². The highest BCUT2D eigenvalue weighted by atomic mass is 127. The standard InChI is InChI=1S/C22H44N4O2.HI/c1-5-20(6-2)21(25-11-8-9-12-25)16-24-22(23-7-3)26-13-10-19(17-26)18-28-15-14-27-4;/h19-21H,5-18H2,1-4H3,(H,23,24);1H. The number of hydrogen-bond acceptors (Lipinski definition) is 4. The molecule has 6 nitrogen and oxygen atoms in total. The van der Waals surface area contributed by atoms with Crippen LogP contribution in [0.1, 0.15) is 52.9 Å². The molecular formula is C22H45IN4O2. The predicted octanol–water partition coefficient (Wildman–Crippen LogP) is 3.46. The van der Waals surface area contributed by atoms with Crippen molar-refractivity contribution in [1.82, 2.24) is 15.1 Å². The van der Waals surface area contributed by atoms with Gasteiger partial charge in [-0.15, -0.1) is 24.0 Å². The lowest BCUT2D eigenvalue weighted by Crippen LogP contribution is -2.44. The first-order valence-electron chi connectivity index (χ1n) is 11.6. The molecular weight excluding hydrogens is 479 g/mol. The van der Waals surface area contributed by atoms with E-state index in [0.29, 0.717) is 25.2 Å². The number of likely N-dealkylation sites (tertiary alicyclic amines) is 2. The van der Waals surface area contributed by atoms with E-state index < -0.39 is 0 Å². The Morgan fingerprint density at radius 1 is 1.10 bits per heavy atom. The number of nitrogens with one attached hydrogen (secondary N) is 1. The lowest BCUT2D eigenvalue weighted by molar-refractivity contribution is 0.0536. The third-order valence-electron chi connectivity index (χ3n) is 6.34. The summed E-state index contributed by atoms with van der Waals surface area (Å²) in [6, 6.07) is 0.585. The van der Waals surface area contributed by atoms with Crippen molar-refractivity contribution in [3.63, 3.8) is 0 Å². The first-order chi connectivity index (χ1) is 13.7. The Balaban J connectivity index is 0.00000420. The van der Waals surface area contributed by atoms with Crippen molar-refractivity contribution in [3.8, 4) is 0 Å². The molecule has 2 aliphatic heterocycles. The van der Waals surface area contributed by atoms with Gasteiger partial charge in [-0.25, -0.2) is 0 Å². The smallest absolute Gasteiger partial charge is 0.193 e. The van der Waals surface area contributed by atoms with Gasteiger partial charge in [-0.3, -0.25) is 9.89 Å². The zero-order valence-electron chi connectivity index (χ0n) is 19.2. The van der Waals surface area contributed by atoms with Crippen molar-refractivity contribution < 1.29 is 9.47 Å². The number of nitrogens with zero attached hydrogens (tertiary/aromatic N) is 3. The van der Waals surface area contributed by atoms with Crippen molar-refractivity contribution in [2.75, 3.05) is 66.2 Å². The molecule has 2 unspecified atom stereocenters. The number of rotatable bonds is 12. The molecule has 29 heavy (non-hydrogen) atoms. The molecule has 2 heterocycles. The van der Waals surface area contributed by atoms with Gasteiger partial charge in [-0.1, -0.05) is 26.7 Å². The van der Waals surface area contributed by atoms with Crippen LogP contribution in [0.15, 0.2) is 4.99 Å². The van der Waals surface area contributed by atoms with Gasteiger partial charge in [0.1, 0.15) is 0 Å². The van der Waals surface area contributed by atoms with Crippen LogP contribution in [0.5, 0.6) is 0 Å². The largest absolute Gasteiger partial charge is 0.382 e. The van der Waals surface area contributed by atoms with Crippen LogP contribution in [0.3, 0.4) is 0 Å². The topological polar surface area (TPSA) is 49.3 Å². The van der Waals surface area contributed by atoms with E-state index in [4.69, 9.17) is 14.5 Å². The predicted molar refractivity (Wildman–Crippen MR) is 132 cm³/mol. The van der Waals surface area contributed by atoms with Crippen molar-refractivity contribution in [1.29, 1.82) is 0 Å². The molecule has 0 radical (unpaired) electrons. The number of hydrogen-bond donors (Lipinski definition) is 1. The minimum Gasteiger partial charge on any atom is -0.382 e. The van der Waals surface area contributed by atoms with Gasteiger partial charge < -0.3 is 19.7 Å². The Kier molecular flexibility index (Phi) is 14.5. The van der Waals surface area contributed by atoms with Gasteiger partial charge >= 0.3 is 0 Å². The van der Waals surface area contributed by atoms with E-state index >= 15 is 0 Å². The zero-order chi connectivity index (χ0) is 20.2. The van der Waals surface area contributed by atoms with Gasteiger partial charge in [0, 0.05) is 38.7 Å². The first kappa shape index (κ1) is 26.9. The van der Waals surface area contributed by atoms with E-state index in [1.807, 2.05) is 0 Å². The summed E-state index contributed by atoms with van der Waals surface area (Å²) >= 11 is 0. The normalized spacial score (nSPS) is 21.6. The van der Waals surface area contributed by atoms with Crippen LogP contribution in [0.4, 0.5) is 0 Å². The molecule has 2 atom stereocenters. The molecule has 7 heteroatoms. The second-order valence-corrected chi connectivity index (χ2v) is 8.25. The number of halogens is 1. The molecule has 2 fully saturated rings. The van der Waals surface area contributed by atoms with E-state index in [0.717, 1.165) is 44.7 Å². The Bertz CT molecular complexity index is 441. The number of ether oxygens (including phenoxy) is 2. The molecule has 1 N–H and O–H groups in total. The molecule has 2 aliphatic rings. The summed E-state index contributed by atoms with van der Waals surface area (Å²) in [5.41, 5.74) is 0. The van der Waals surface area contributed by atoms with Crippen molar-refractivity contribution in [3.05, 3.63) is 0 Å². The van der Waals surface area contributed by atoms with E-state index in [2.05, 4.69) is 35.9 Å². The number of methoxy groups -OCH3 is 1. The maximum absolute atomic E-state index is 5.75. The van der Waals surface area contributed by atoms with Crippen LogP contribution < -0.4 is 5.32 Å². The SMILES string of the molecule is CCNC(=NCC(C(CC)CC)N1CCCC1)N1CCC(COCCOC)C1.I. The fraction of sp³-hybridized carbons (Fsp3) is 0.955. The average molecular weight is 525 g/mol. The highest BCUT2D eigenvalue weighted by Crippen LogP contribution is 2.24. The maximum Gasteiger partial charge on any atom is 0.193 e. The number of guanidine groups is 1. The summed E-state index contributed by atoms with van der Waals surface area (Å²) in [6.45, 7) is 15.5. The highest BCUT2D eigenvalue weighted by Gasteiger charge is 2.29. The molecule has 0 aromatic heterocycles. The Labute approximate surface area is 196 Å². The molecule has 0 aromatic carbocycles. The van der Waals surface area contributed by atoms with Crippen LogP contribution in [0.2, 0.25) is 0 Å². The molecule has 0 spiro atoms. The zero-order valence-corrected chi connectivity index (χ0v) is 21.5. The minimum atomic E-state index is 0. The monoisotopic (exact) mass is 524 g/mol.